The van der Waals surface area contributed by atoms with Gasteiger partial charge in [0.2, 0.25) is 0 Å². The fraction of sp³-hybridized carbons (Fsp3) is 0.657. The van der Waals surface area contributed by atoms with E-state index in [0.29, 0.717) is 19.3 Å². The van der Waals surface area contributed by atoms with Crippen LogP contribution in [0, 0.1) is 0 Å². The normalized spacial score (nSPS) is 13.0. The van der Waals surface area contributed by atoms with Crippen molar-refractivity contribution < 1.29 is 28.6 Å². The first-order chi connectivity index (χ1) is 36.0. The lowest BCUT2D eigenvalue weighted by molar-refractivity contribution is -0.166. The first kappa shape index (κ1) is 68.8. The van der Waals surface area contributed by atoms with Crippen LogP contribution in [0.15, 0.2) is 122 Å². The van der Waals surface area contributed by atoms with Gasteiger partial charge in [-0.3, -0.25) is 14.4 Å². The molecule has 0 spiro atoms. The molecule has 0 aromatic carbocycles. The fourth-order valence-electron chi connectivity index (χ4n) is 8.01. The molecule has 0 radical (unpaired) electrons. The zero-order valence-corrected chi connectivity index (χ0v) is 47.4. The van der Waals surface area contributed by atoms with Gasteiger partial charge in [-0.15, -0.1) is 0 Å². The second-order valence-corrected chi connectivity index (χ2v) is 19.5. The minimum absolute atomic E-state index is 0.113. The number of esters is 3. The van der Waals surface area contributed by atoms with E-state index in [0.717, 1.165) is 116 Å². The third-order valence-electron chi connectivity index (χ3n) is 12.4. The SMILES string of the molecule is CC/C=C\C/C=C\C/C=C\C/C=C\C/C=C\C/C=C\CCC(=O)OC[C@H](COC(=O)CCCCCCC/C=C\C/C=C\C/C=C\CC)OC(=O)CCCCCCCCCCCCC/C=C\CCCCCCCC. The summed E-state index contributed by atoms with van der Waals surface area (Å²) in [5.41, 5.74) is 0. The Hall–Kier alpha value is -4.19. The van der Waals surface area contributed by atoms with Gasteiger partial charge in [-0.25, -0.2) is 0 Å². The zero-order chi connectivity index (χ0) is 52.9. The second kappa shape index (κ2) is 60.4. The Labute approximate surface area is 450 Å². The van der Waals surface area contributed by atoms with Gasteiger partial charge in [0.1, 0.15) is 13.2 Å². The van der Waals surface area contributed by atoms with Gasteiger partial charge in [0.15, 0.2) is 6.10 Å². The third-order valence-corrected chi connectivity index (χ3v) is 12.4. The van der Waals surface area contributed by atoms with E-state index in [1.807, 2.05) is 6.08 Å². The van der Waals surface area contributed by atoms with Crippen LogP contribution in [-0.2, 0) is 28.6 Å². The minimum atomic E-state index is -0.820. The molecule has 0 N–H and O–H groups in total. The second-order valence-electron chi connectivity index (χ2n) is 19.5. The van der Waals surface area contributed by atoms with E-state index in [4.69, 9.17) is 14.2 Å². The van der Waals surface area contributed by atoms with E-state index in [-0.39, 0.29) is 37.5 Å². The van der Waals surface area contributed by atoms with Gasteiger partial charge in [-0.05, 0) is 116 Å². The molecule has 414 valence electrons. The molecule has 0 saturated carbocycles. The van der Waals surface area contributed by atoms with Crippen LogP contribution >= 0.6 is 0 Å². The molecule has 6 heteroatoms. The Morgan fingerprint density at radius 3 is 0.932 bits per heavy atom. The zero-order valence-electron chi connectivity index (χ0n) is 47.4. The van der Waals surface area contributed by atoms with Crippen molar-refractivity contribution in [1.82, 2.24) is 0 Å². The Morgan fingerprint density at radius 1 is 0.288 bits per heavy atom. The lowest BCUT2D eigenvalue weighted by Crippen LogP contribution is -2.30. The molecule has 0 unspecified atom stereocenters. The van der Waals surface area contributed by atoms with Crippen molar-refractivity contribution in [2.75, 3.05) is 13.2 Å². The Balaban J connectivity index is 4.50. The van der Waals surface area contributed by atoms with Gasteiger partial charge in [-0.1, -0.05) is 251 Å². The summed E-state index contributed by atoms with van der Waals surface area (Å²) in [7, 11) is 0. The quantitative estimate of drug-likeness (QED) is 0.0261. The average Bonchev–Trinajstić information content (AvgIpc) is 3.39. The maximum Gasteiger partial charge on any atom is 0.306 e. The maximum absolute atomic E-state index is 12.9. The molecule has 0 aliphatic carbocycles. The number of hydrogen-bond donors (Lipinski definition) is 0. The van der Waals surface area contributed by atoms with Crippen LogP contribution in [0.1, 0.15) is 265 Å². The van der Waals surface area contributed by atoms with Gasteiger partial charge in [0.05, 0.1) is 0 Å². The molecule has 0 aromatic heterocycles. The molecule has 0 rings (SSSR count). The van der Waals surface area contributed by atoms with Crippen LogP contribution in [0.2, 0.25) is 0 Å². The van der Waals surface area contributed by atoms with Crippen molar-refractivity contribution in [3.63, 3.8) is 0 Å². The number of ether oxygens (including phenoxy) is 3. The first-order valence-electron chi connectivity index (χ1n) is 30.0. The van der Waals surface area contributed by atoms with Crippen molar-refractivity contribution in [3.8, 4) is 0 Å². The van der Waals surface area contributed by atoms with E-state index in [1.54, 1.807) is 0 Å². The monoisotopic (exact) mass is 1010 g/mol. The molecular formula is C67H110O6. The van der Waals surface area contributed by atoms with Crippen molar-refractivity contribution in [2.45, 2.75) is 271 Å². The molecule has 0 fully saturated rings. The Bertz CT molecular complexity index is 1540. The number of rotatable bonds is 53. The smallest absolute Gasteiger partial charge is 0.306 e. The van der Waals surface area contributed by atoms with Gasteiger partial charge in [0.25, 0.3) is 0 Å². The highest BCUT2D eigenvalue weighted by molar-refractivity contribution is 5.71. The molecular weight excluding hydrogens is 901 g/mol. The first-order valence-corrected chi connectivity index (χ1v) is 30.0. The molecule has 0 amide bonds. The standard InChI is InChI=1S/C67H110O6/c1-4-7-10-13-16-19-22-25-28-30-32-33-35-37-40-43-46-49-52-55-58-61-67(70)73-64(62-71-65(68)59-56-53-50-47-44-41-38-27-24-21-18-15-12-9-6-3)63-72-66(69)60-57-54-51-48-45-42-39-36-34-31-29-26-23-20-17-14-11-8-5-2/h8-9,11-12,17-18,20-21,25-29,34,36,38,42,45,51,54,64H,4-7,10,13-16,19,22-24,30-33,35,37,39-41,43-44,46-50,52-53,55-63H2,1-3H3/b11-8-,12-9-,20-17-,21-18-,28-25-,29-26-,36-34-,38-27-,45-42-,54-51-/t64-/m0/s1. The van der Waals surface area contributed by atoms with Crippen molar-refractivity contribution in [2.24, 2.45) is 0 Å². The van der Waals surface area contributed by atoms with Crippen LogP contribution in [0.5, 0.6) is 0 Å². The largest absolute Gasteiger partial charge is 0.462 e. The van der Waals surface area contributed by atoms with Crippen LogP contribution in [0.3, 0.4) is 0 Å². The molecule has 6 nitrogen and oxygen atoms in total. The topological polar surface area (TPSA) is 78.9 Å². The summed E-state index contributed by atoms with van der Waals surface area (Å²) in [6, 6.07) is 0. The van der Waals surface area contributed by atoms with Crippen molar-refractivity contribution >= 4 is 17.9 Å². The molecule has 73 heavy (non-hydrogen) atoms. The summed E-state index contributed by atoms with van der Waals surface area (Å²) >= 11 is 0. The molecule has 0 saturated heterocycles. The molecule has 1 atom stereocenters. The van der Waals surface area contributed by atoms with Crippen LogP contribution in [0.25, 0.3) is 0 Å². The highest BCUT2D eigenvalue weighted by atomic mass is 16.6. The third kappa shape index (κ3) is 58.6. The summed E-state index contributed by atoms with van der Waals surface area (Å²) in [6.07, 6.45) is 83.5. The van der Waals surface area contributed by atoms with E-state index in [9.17, 15) is 14.4 Å². The van der Waals surface area contributed by atoms with Gasteiger partial charge in [0, 0.05) is 19.3 Å². The highest BCUT2D eigenvalue weighted by Gasteiger charge is 2.19. The fourth-order valence-corrected chi connectivity index (χ4v) is 8.01. The predicted molar refractivity (Wildman–Crippen MR) is 316 cm³/mol. The number of hydrogen-bond acceptors (Lipinski definition) is 6. The number of allylic oxidation sites excluding steroid dienone is 20. The Morgan fingerprint density at radius 2 is 0.562 bits per heavy atom. The lowest BCUT2D eigenvalue weighted by Gasteiger charge is -2.18. The molecule has 0 aliphatic rings. The van der Waals surface area contributed by atoms with Gasteiger partial charge in [-0.2, -0.15) is 0 Å². The number of carbonyl (C=O) groups is 3. The minimum Gasteiger partial charge on any atom is -0.462 e. The number of unbranched alkanes of at least 4 members (excludes halogenated alkanes) is 22. The van der Waals surface area contributed by atoms with E-state index >= 15 is 0 Å². The molecule has 0 heterocycles. The summed E-state index contributed by atoms with van der Waals surface area (Å²) in [4.78, 5) is 38.2. The summed E-state index contributed by atoms with van der Waals surface area (Å²) < 4.78 is 16.8. The molecule has 0 aliphatic heterocycles. The number of carbonyl (C=O) groups excluding carboxylic acids is 3. The Kier molecular flexibility index (Phi) is 56.9. The lowest BCUT2D eigenvalue weighted by atomic mass is 10.0. The summed E-state index contributed by atoms with van der Waals surface area (Å²) in [5, 5.41) is 0. The predicted octanol–water partition coefficient (Wildman–Crippen LogP) is 20.4. The van der Waals surface area contributed by atoms with Crippen molar-refractivity contribution in [1.29, 1.82) is 0 Å². The van der Waals surface area contributed by atoms with Gasteiger partial charge < -0.3 is 14.2 Å². The maximum atomic E-state index is 12.9. The van der Waals surface area contributed by atoms with Crippen LogP contribution in [-0.4, -0.2) is 37.2 Å². The summed E-state index contributed by atoms with van der Waals surface area (Å²) in [5.74, 6) is -1.01. The molecule has 0 aromatic rings. The molecule has 0 bridgehead atoms. The summed E-state index contributed by atoms with van der Waals surface area (Å²) in [6.45, 7) is 6.34. The average molecular weight is 1010 g/mol. The van der Waals surface area contributed by atoms with Crippen LogP contribution in [0.4, 0.5) is 0 Å². The highest BCUT2D eigenvalue weighted by Crippen LogP contribution is 2.15. The van der Waals surface area contributed by atoms with E-state index in [1.165, 1.54) is 103 Å². The van der Waals surface area contributed by atoms with Gasteiger partial charge >= 0.3 is 17.9 Å². The van der Waals surface area contributed by atoms with Crippen molar-refractivity contribution in [3.05, 3.63) is 122 Å². The van der Waals surface area contributed by atoms with Crippen LogP contribution < -0.4 is 0 Å². The van der Waals surface area contributed by atoms with E-state index < -0.39 is 6.10 Å². The van der Waals surface area contributed by atoms with E-state index in [2.05, 4.69) is 136 Å².